The summed E-state index contributed by atoms with van der Waals surface area (Å²) in [7, 11) is -3.38. The highest BCUT2D eigenvalue weighted by molar-refractivity contribution is 7.89. The minimum Gasteiger partial charge on any atom is -0.330 e. The minimum atomic E-state index is -3.38. The van der Waals surface area contributed by atoms with Gasteiger partial charge in [0.15, 0.2) is 0 Å². The fraction of sp³-hybridized carbons (Fsp3) is 0.625. The zero-order valence-electron chi connectivity index (χ0n) is 13.0. The lowest BCUT2D eigenvalue weighted by Gasteiger charge is -2.35. The first-order valence-corrected chi connectivity index (χ1v) is 9.22. The quantitative estimate of drug-likeness (QED) is 0.907. The van der Waals surface area contributed by atoms with E-state index in [0.29, 0.717) is 30.4 Å². The second kappa shape index (κ2) is 6.90. The average Bonchev–Trinajstić information content (AvgIpc) is 2.48. The van der Waals surface area contributed by atoms with Gasteiger partial charge in [-0.15, -0.1) is 0 Å². The van der Waals surface area contributed by atoms with E-state index in [-0.39, 0.29) is 5.92 Å². The molecule has 21 heavy (non-hydrogen) atoms. The van der Waals surface area contributed by atoms with Crippen molar-refractivity contribution >= 4 is 10.0 Å². The van der Waals surface area contributed by atoms with Crippen LogP contribution in [0, 0.1) is 11.8 Å². The SMILES string of the molecule is CCCc1ccc(S(=O)(=O)N2CCC(C)C(CN)C2)cc1. The summed E-state index contributed by atoms with van der Waals surface area (Å²) in [6.45, 7) is 5.95. The molecule has 1 fully saturated rings. The minimum absolute atomic E-state index is 0.257. The number of piperidine rings is 1. The van der Waals surface area contributed by atoms with Gasteiger partial charge in [-0.25, -0.2) is 8.42 Å². The van der Waals surface area contributed by atoms with E-state index >= 15 is 0 Å². The highest BCUT2D eigenvalue weighted by atomic mass is 32.2. The van der Waals surface area contributed by atoms with E-state index in [2.05, 4.69) is 13.8 Å². The van der Waals surface area contributed by atoms with E-state index in [1.165, 1.54) is 5.56 Å². The standard InChI is InChI=1S/C16H26N2O2S/c1-3-4-14-5-7-16(8-6-14)21(19,20)18-10-9-13(2)15(11-17)12-18/h5-8,13,15H,3-4,9-12,17H2,1-2H3. The second-order valence-corrected chi connectivity index (χ2v) is 7.96. The molecule has 1 aliphatic rings. The molecule has 1 heterocycles. The van der Waals surface area contributed by atoms with Crippen LogP contribution in [0.3, 0.4) is 0 Å². The smallest absolute Gasteiger partial charge is 0.243 e. The first kappa shape index (κ1) is 16.5. The lowest BCUT2D eigenvalue weighted by Crippen LogP contribution is -2.45. The number of aryl methyl sites for hydroxylation is 1. The first-order chi connectivity index (χ1) is 9.98. The molecule has 2 unspecified atom stereocenters. The van der Waals surface area contributed by atoms with Gasteiger partial charge in [0.25, 0.3) is 0 Å². The van der Waals surface area contributed by atoms with Gasteiger partial charge in [-0.1, -0.05) is 32.4 Å². The molecule has 0 radical (unpaired) electrons. The van der Waals surface area contributed by atoms with Gasteiger partial charge in [-0.2, -0.15) is 4.31 Å². The van der Waals surface area contributed by atoms with Gasteiger partial charge in [-0.3, -0.25) is 0 Å². The van der Waals surface area contributed by atoms with Crippen LogP contribution in [0.15, 0.2) is 29.2 Å². The van der Waals surface area contributed by atoms with E-state index in [1.54, 1.807) is 16.4 Å². The van der Waals surface area contributed by atoms with Gasteiger partial charge in [0.05, 0.1) is 4.90 Å². The van der Waals surface area contributed by atoms with Gasteiger partial charge in [0, 0.05) is 13.1 Å². The van der Waals surface area contributed by atoms with Crippen molar-refractivity contribution in [2.75, 3.05) is 19.6 Å². The zero-order valence-corrected chi connectivity index (χ0v) is 13.8. The van der Waals surface area contributed by atoms with Crippen molar-refractivity contribution in [1.82, 2.24) is 4.31 Å². The summed E-state index contributed by atoms with van der Waals surface area (Å²) in [5, 5.41) is 0. The molecule has 2 rings (SSSR count). The van der Waals surface area contributed by atoms with Crippen LogP contribution >= 0.6 is 0 Å². The van der Waals surface area contributed by atoms with Crippen LogP contribution in [0.2, 0.25) is 0 Å². The molecule has 5 heteroatoms. The van der Waals surface area contributed by atoms with E-state index in [0.717, 1.165) is 19.3 Å². The number of nitrogens with zero attached hydrogens (tertiary/aromatic N) is 1. The van der Waals surface area contributed by atoms with Gasteiger partial charge < -0.3 is 5.73 Å². The van der Waals surface area contributed by atoms with Gasteiger partial charge in [0.2, 0.25) is 10.0 Å². The molecule has 0 bridgehead atoms. The maximum Gasteiger partial charge on any atom is 0.243 e. The maximum atomic E-state index is 12.7. The van der Waals surface area contributed by atoms with Crippen LogP contribution < -0.4 is 5.73 Å². The number of benzene rings is 1. The summed E-state index contributed by atoms with van der Waals surface area (Å²) in [4.78, 5) is 0.396. The van der Waals surface area contributed by atoms with Crippen LogP contribution in [-0.2, 0) is 16.4 Å². The van der Waals surface area contributed by atoms with Crippen molar-refractivity contribution < 1.29 is 8.42 Å². The fourth-order valence-corrected chi connectivity index (χ4v) is 4.42. The Hall–Kier alpha value is -0.910. The van der Waals surface area contributed by atoms with Crippen molar-refractivity contribution in [1.29, 1.82) is 0 Å². The number of sulfonamides is 1. The molecule has 1 saturated heterocycles. The summed E-state index contributed by atoms with van der Waals surface area (Å²) in [5.41, 5.74) is 6.95. The highest BCUT2D eigenvalue weighted by Crippen LogP contribution is 2.27. The van der Waals surface area contributed by atoms with Crippen LogP contribution in [0.4, 0.5) is 0 Å². The first-order valence-electron chi connectivity index (χ1n) is 7.78. The number of hydrogen-bond acceptors (Lipinski definition) is 3. The Labute approximate surface area is 128 Å². The fourth-order valence-electron chi connectivity index (χ4n) is 2.91. The Morgan fingerprint density at radius 2 is 1.95 bits per heavy atom. The largest absolute Gasteiger partial charge is 0.330 e. The molecule has 118 valence electrons. The van der Waals surface area contributed by atoms with E-state index in [9.17, 15) is 8.42 Å². The third-order valence-corrected chi connectivity index (χ3v) is 6.36. The predicted molar refractivity (Wildman–Crippen MR) is 85.5 cm³/mol. The third-order valence-electron chi connectivity index (χ3n) is 4.48. The van der Waals surface area contributed by atoms with Crippen LogP contribution in [0.25, 0.3) is 0 Å². The Balaban J connectivity index is 2.17. The van der Waals surface area contributed by atoms with Crippen molar-refractivity contribution in [3.8, 4) is 0 Å². The molecule has 1 aromatic carbocycles. The van der Waals surface area contributed by atoms with Crippen LogP contribution in [-0.4, -0.2) is 32.4 Å². The van der Waals surface area contributed by atoms with Crippen molar-refractivity contribution in [3.63, 3.8) is 0 Å². The van der Waals surface area contributed by atoms with E-state index in [4.69, 9.17) is 5.73 Å². The molecule has 2 N–H and O–H groups in total. The summed E-state index contributed by atoms with van der Waals surface area (Å²) in [5.74, 6) is 0.751. The zero-order chi connectivity index (χ0) is 15.5. The molecule has 0 spiro atoms. The molecule has 2 atom stereocenters. The third kappa shape index (κ3) is 3.65. The molecule has 0 amide bonds. The van der Waals surface area contributed by atoms with Gasteiger partial charge in [0.1, 0.15) is 0 Å². The molecule has 0 aliphatic carbocycles. The Kier molecular flexibility index (Phi) is 5.41. The lowest BCUT2D eigenvalue weighted by atomic mass is 9.88. The molecule has 1 aromatic rings. The molecule has 1 aliphatic heterocycles. The van der Waals surface area contributed by atoms with E-state index in [1.807, 2.05) is 12.1 Å². The number of hydrogen-bond donors (Lipinski definition) is 1. The maximum absolute atomic E-state index is 12.7. The summed E-state index contributed by atoms with van der Waals surface area (Å²) in [6, 6.07) is 7.30. The second-order valence-electron chi connectivity index (χ2n) is 6.02. The van der Waals surface area contributed by atoms with Crippen LogP contribution in [0.5, 0.6) is 0 Å². The normalized spacial score (nSPS) is 24.1. The number of rotatable bonds is 5. The molecule has 0 aromatic heterocycles. The van der Waals surface area contributed by atoms with Crippen LogP contribution in [0.1, 0.15) is 32.3 Å². The summed E-state index contributed by atoms with van der Waals surface area (Å²) < 4.78 is 27.0. The molecule has 4 nitrogen and oxygen atoms in total. The van der Waals surface area contributed by atoms with Gasteiger partial charge in [-0.05, 0) is 48.9 Å². The van der Waals surface area contributed by atoms with Crippen molar-refractivity contribution in [2.45, 2.75) is 38.0 Å². The summed E-state index contributed by atoms with van der Waals surface area (Å²) >= 11 is 0. The lowest BCUT2D eigenvalue weighted by molar-refractivity contribution is 0.203. The van der Waals surface area contributed by atoms with Crippen molar-refractivity contribution in [3.05, 3.63) is 29.8 Å². The Bertz CT molecular complexity index is 554. The Morgan fingerprint density at radius 1 is 1.29 bits per heavy atom. The van der Waals surface area contributed by atoms with Gasteiger partial charge >= 0.3 is 0 Å². The van der Waals surface area contributed by atoms with Crippen molar-refractivity contribution in [2.24, 2.45) is 17.6 Å². The topological polar surface area (TPSA) is 63.4 Å². The molecular weight excluding hydrogens is 284 g/mol. The Morgan fingerprint density at radius 3 is 2.52 bits per heavy atom. The van der Waals surface area contributed by atoms with E-state index < -0.39 is 10.0 Å². The average molecular weight is 310 g/mol. The molecular formula is C16H26N2O2S. The molecule has 0 saturated carbocycles. The highest BCUT2D eigenvalue weighted by Gasteiger charge is 2.32. The summed E-state index contributed by atoms with van der Waals surface area (Å²) in [6.07, 6.45) is 2.93. The predicted octanol–water partition coefficient (Wildman–Crippen LogP) is 2.24. The monoisotopic (exact) mass is 310 g/mol. The number of nitrogens with two attached hydrogens (primary N) is 1.